The van der Waals surface area contributed by atoms with Crippen LogP contribution in [-0.4, -0.2) is 65.7 Å². The number of nitrogens with zero attached hydrogens (tertiary/aromatic N) is 5. The molecular weight excluding hydrogens is 434 g/mol. The molecular formula is C22H20F2N6O3. The number of anilines is 1. The highest BCUT2D eigenvalue weighted by molar-refractivity contribution is 5.92. The van der Waals surface area contributed by atoms with Crippen LogP contribution in [0.2, 0.25) is 0 Å². The standard InChI is InChI=1S/C22H20F2N6O3/c1-31-15-8-16(32-2)19(24)17(18(15)23)14-7-12-9-25-21(13-10-26-27-11-13)29-20(12)22(28-14)30-3-5-33-6-4-30/h7-11H,3-6H2,1-2H3,(H,26,27). The molecule has 4 aromatic rings. The van der Waals surface area contributed by atoms with E-state index in [2.05, 4.69) is 25.1 Å². The molecule has 33 heavy (non-hydrogen) atoms. The molecule has 1 aromatic carbocycles. The maximum atomic E-state index is 15.2. The van der Waals surface area contributed by atoms with Crippen molar-refractivity contribution < 1.29 is 23.0 Å². The summed E-state index contributed by atoms with van der Waals surface area (Å²) in [4.78, 5) is 15.7. The van der Waals surface area contributed by atoms with E-state index in [-0.39, 0.29) is 22.8 Å². The molecule has 1 aliphatic rings. The van der Waals surface area contributed by atoms with Crippen molar-refractivity contribution in [1.29, 1.82) is 0 Å². The van der Waals surface area contributed by atoms with Crippen LogP contribution in [0.4, 0.5) is 14.6 Å². The number of H-pyrrole nitrogens is 1. The summed E-state index contributed by atoms with van der Waals surface area (Å²) >= 11 is 0. The molecule has 4 heterocycles. The lowest BCUT2D eigenvalue weighted by Crippen LogP contribution is -2.37. The summed E-state index contributed by atoms with van der Waals surface area (Å²) in [5, 5.41) is 7.26. The van der Waals surface area contributed by atoms with Crippen LogP contribution in [-0.2, 0) is 4.74 Å². The van der Waals surface area contributed by atoms with Crippen LogP contribution in [0.5, 0.6) is 11.5 Å². The van der Waals surface area contributed by atoms with Gasteiger partial charge in [0, 0.05) is 36.9 Å². The Bertz CT molecular complexity index is 1280. The number of methoxy groups -OCH3 is 2. The van der Waals surface area contributed by atoms with Crippen LogP contribution in [0.3, 0.4) is 0 Å². The third-order valence-corrected chi connectivity index (χ3v) is 5.44. The van der Waals surface area contributed by atoms with Crippen molar-refractivity contribution in [2.75, 3.05) is 45.4 Å². The van der Waals surface area contributed by atoms with E-state index >= 15 is 8.78 Å². The number of pyridine rings is 1. The van der Waals surface area contributed by atoms with Crippen LogP contribution >= 0.6 is 0 Å². The normalized spacial score (nSPS) is 14.0. The first-order chi connectivity index (χ1) is 16.1. The molecule has 1 N–H and O–H groups in total. The number of aromatic nitrogens is 5. The fourth-order valence-corrected chi connectivity index (χ4v) is 3.77. The highest BCUT2D eigenvalue weighted by atomic mass is 19.1. The smallest absolute Gasteiger partial charge is 0.177 e. The van der Waals surface area contributed by atoms with Gasteiger partial charge in [0.25, 0.3) is 0 Å². The second-order valence-electron chi connectivity index (χ2n) is 7.33. The number of aromatic amines is 1. The molecule has 0 amide bonds. The average molecular weight is 454 g/mol. The van der Waals surface area contributed by atoms with Gasteiger partial charge in [-0.25, -0.2) is 23.7 Å². The minimum Gasteiger partial charge on any atom is -0.494 e. The van der Waals surface area contributed by atoms with E-state index in [1.165, 1.54) is 20.3 Å². The third kappa shape index (κ3) is 3.69. The topological polar surface area (TPSA) is 98.3 Å². The Kier molecular flexibility index (Phi) is 5.47. The molecule has 0 saturated carbocycles. The fourth-order valence-electron chi connectivity index (χ4n) is 3.77. The number of rotatable bonds is 5. The first kappa shape index (κ1) is 21.0. The van der Waals surface area contributed by atoms with Gasteiger partial charge in [-0.15, -0.1) is 0 Å². The van der Waals surface area contributed by atoms with Crippen LogP contribution < -0.4 is 14.4 Å². The lowest BCUT2D eigenvalue weighted by molar-refractivity contribution is 0.122. The largest absolute Gasteiger partial charge is 0.494 e. The number of nitrogens with one attached hydrogen (secondary N) is 1. The number of hydrogen-bond acceptors (Lipinski definition) is 8. The molecule has 5 rings (SSSR count). The maximum Gasteiger partial charge on any atom is 0.177 e. The molecule has 0 radical (unpaired) electrons. The summed E-state index contributed by atoms with van der Waals surface area (Å²) in [6.07, 6.45) is 4.91. The number of ether oxygens (including phenoxy) is 3. The van der Waals surface area contributed by atoms with Crippen LogP contribution in [0.1, 0.15) is 0 Å². The maximum absolute atomic E-state index is 15.2. The zero-order chi connectivity index (χ0) is 22.9. The van der Waals surface area contributed by atoms with Gasteiger partial charge < -0.3 is 19.1 Å². The van der Waals surface area contributed by atoms with Gasteiger partial charge in [-0.05, 0) is 6.07 Å². The number of hydrogen-bond donors (Lipinski definition) is 1. The van der Waals surface area contributed by atoms with Gasteiger partial charge in [-0.3, -0.25) is 5.10 Å². The van der Waals surface area contributed by atoms with Crippen molar-refractivity contribution in [3.8, 4) is 34.1 Å². The van der Waals surface area contributed by atoms with Gasteiger partial charge in [0.15, 0.2) is 34.8 Å². The number of benzene rings is 1. The average Bonchev–Trinajstić information content (AvgIpc) is 3.39. The molecule has 11 heteroatoms. The van der Waals surface area contributed by atoms with Gasteiger partial charge in [0.1, 0.15) is 5.52 Å². The minimum absolute atomic E-state index is 0.0795. The Labute approximate surface area is 187 Å². The van der Waals surface area contributed by atoms with E-state index in [4.69, 9.17) is 14.2 Å². The van der Waals surface area contributed by atoms with Crippen molar-refractivity contribution in [3.63, 3.8) is 0 Å². The van der Waals surface area contributed by atoms with Gasteiger partial charge in [-0.2, -0.15) is 5.10 Å². The van der Waals surface area contributed by atoms with Gasteiger partial charge in [0.05, 0.1) is 50.5 Å². The monoisotopic (exact) mass is 454 g/mol. The predicted molar refractivity (Wildman–Crippen MR) is 116 cm³/mol. The summed E-state index contributed by atoms with van der Waals surface area (Å²) in [6.45, 7) is 2.12. The molecule has 170 valence electrons. The molecule has 0 unspecified atom stereocenters. The van der Waals surface area contributed by atoms with Crippen LogP contribution in [0.15, 0.2) is 30.7 Å². The van der Waals surface area contributed by atoms with Gasteiger partial charge >= 0.3 is 0 Å². The highest BCUT2D eigenvalue weighted by Crippen LogP contribution is 2.39. The molecule has 0 bridgehead atoms. The van der Waals surface area contributed by atoms with Crippen molar-refractivity contribution in [1.82, 2.24) is 25.1 Å². The van der Waals surface area contributed by atoms with E-state index in [1.807, 2.05) is 4.90 Å². The summed E-state index contributed by atoms with van der Waals surface area (Å²) in [6, 6.07) is 2.72. The predicted octanol–water partition coefficient (Wildman–Crippen LogP) is 3.21. The zero-order valence-electron chi connectivity index (χ0n) is 17.9. The summed E-state index contributed by atoms with van der Waals surface area (Å²) in [7, 11) is 2.61. The molecule has 0 spiro atoms. The second kappa shape index (κ2) is 8.58. The SMILES string of the molecule is COc1cc(OC)c(F)c(-c2cc3cnc(-c4cn[nH]c4)nc3c(N3CCOCC3)n2)c1F. The highest BCUT2D eigenvalue weighted by Gasteiger charge is 2.25. The summed E-state index contributed by atoms with van der Waals surface area (Å²) in [5.41, 5.74) is 1.00. The van der Waals surface area contributed by atoms with E-state index in [0.29, 0.717) is 54.4 Å². The Morgan fingerprint density at radius 2 is 1.73 bits per heavy atom. The molecule has 0 aliphatic carbocycles. The summed E-state index contributed by atoms with van der Waals surface area (Å²) < 4.78 is 46.1. The molecule has 1 saturated heterocycles. The first-order valence-electron chi connectivity index (χ1n) is 10.2. The minimum atomic E-state index is -0.869. The number of halogens is 2. The van der Waals surface area contributed by atoms with Crippen molar-refractivity contribution >= 4 is 16.7 Å². The molecule has 3 aromatic heterocycles. The van der Waals surface area contributed by atoms with Crippen LogP contribution in [0.25, 0.3) is 33.5 Å². The lowest BCUT2D eigenvalue weighted by atomic mass is 10.1. The molecule has 1 fully saturated rings. The van der Waals surface area contributed by atoms with E-state index in [1.54, 1.807) is 24.7 Å². The Morgan fingerprint density at radius 1 is 1.00 bits per heavy atom. The van der Waals surface area contributed by atoms with Gasteiger partial charge in [0.2, 0.25) is 0 Å². The first-order valence-corrected chi connectivity index (χ1v) is 10.2. The van der Waals surface area contributed by atoms with Crippen LogP contribution in [0, 0.1) is 11.6 Å². The van der Waals surface area contributed by atoms with Gasteiger partial charge in [-0.1, -0.05) is 0 Å². The molecule has 9 nitrogen and oxygen atoms in total. The van der Waals surface area contributed by atoms with Crippen molar-refractivity contribution in [2.45, 2.75) is 0 Å². The van der Waals surface area contributed by atoms with E-state index < -0.39 is 11.6 Å². The number of fused-ring (bicyclic) bond motifs is 1. The van der Waals surface area contributed by atoms with Crippen molar-refractivity contribution in [3.05, 3.63) is 42.4 Å². The second-order valence-corrected chi connectivity index (χ2v) is 7.33. The fraction of sp³-hybridized carbons (Fsp3) is 0.273. The zero-order valence-corrected chi connectivity index (χ0v) is 17.9. The van der Waals surface area contributed by atoms with Crippen molar-refractivity contribution in [2.24, 2.45) is 0 Å². The Hall–Kier alpha value is -3.86. The van der Waals surface area contributed by atoms with E-state index in [9.17, 15) is 0 Å². The Balaban J connectivity index is 1.76. The Morgan fingerprint density at radius 3 is 2.36 bits per heavy atom. The van der Waals surface area contributed by atoms with E-state index in [0.717, 1.165) is 0 Å². The third-order valence-electron chi connectivity index (χ3n) is 5.44. The quantitative estimate of drug-likeness (QED) is 0.491. The summed E-state index contributed by atoms with van der Waals surface area (Å²) in [5.74, 6) is -1.09. The number of morpholine rings is 1. The molecule has 0 atom stereocenters. The molecule has 1 aliphatic heterocycles. The lowest BCUT2D eigenvalue weighted by Gasteiger charge is -2.29.